The van der Waals surface area contributed by atoms with Crippen LogP contribution in [0.3, 0.4) is 0 Å². The number of aromatic nitrogens is 3. The molecule has 0 spiro atoms. The van der Waals surface area contributed by atoms with E-state index in [2.05, 4.69) is 65.8 Å². The highest BCUT2D eigenvalue weighted by Crippen LogP contribution is 2.36. The van der Waals surface area contributed by atoms with Crippen molar-refractivity contribution in [3.05, 3.63) is 54.0 Å². The molecule has 25 heavy (non-hydrogen) atoms. The third kappa shape index (κ3) is 2.47. The second kappa shape index (κ2) is 5.92. The molecule has 0 aliphatic carbocycles. The van der Waals surface area contributed by atoms with Crippen molar-refractivity contribution in [2.45, 2.75) is 39.2 Å². The zero-order chi connectivity index (χ0) is 17.6. The predicted octanol–water partition coefficient (Wildman–Crippen LogP) is 4.34. The minimum Gasteiger partial charge on any atom is -0.383 e. The molecule has 2 aromatic heterocycles. The summed E-state index contributed by atoms with van der Waals surface area (Å²) in [5.74, 6) is 0.799. The van der Waals surface area contributed by atoms with Gasteiger partial charge in [0.2, 0.25) is 0 Å². The van der Waals surface area contributed by atoms with Crippen molar-refractivity contribution < 1.29 is 0 Å². The fourth-order valence-corrected chi connectivity index (χ4v) is 3.56. The largest absolute Gasteiger partial charge is 0.383 e. The van der Waals surface area contributed by atoms with Gasteiger partial charge >= 0.3 is 0 Å². The molecule has 0 saturated heterocycles. The minimum absolute atomic E-state index is 0.255. The van der Waals surface area contributed by atoms with E-state index in [1.54, 1.807) is 0 Å². The molecule has 1 aromatic carbocycles. The number of allylic oxidation sites excluding steroid dienone is 1. The van der Waals surface area contributed by atoms with E-state index in [9.17, 15) is 0 Å². The first kappa shape index (κ1) is 15.7. The van der Waals surface area contributed by atoms with Gasteiger partial charge in [0.1, 0.15) is 11.5 Å². The van der Waals surface area contributed by atoms with Crippen molar-refractivity contribution in [1.82, 2.24) is 14.8 Å². The monoisotopic (exact) mass is 333 g/mol. The van der Waals surface area contributed by atoms with Gasteiger partial charge in [-0.15, -0.1) is 0 Å². The highest BCUT2D eigenvalue weighted by atomic mass is 15.3. The van der Waals surface area contributed by atoms with E-state index in [0.29, 0.717) is 5.84 Å². The van der Waals surface area contributed by atoms with Crippen LogP contribution in [0.2, 0.25) is 0 Å². The Hall–Kier alpha value is -2.82. The van der Waals surface area contributed by atoms with E-state index in [4.69, 9.17) is 10.8 Å². The van der Waals surface area contributed by atoms with Crippen molar-refractivity contribution in [2.24, 2.45) is 10.7 Å². The number of aliphatic imine (C=N–C) groups is 1. The quantitative estimate of drug-likeness (QED) is 0.748. The average molecular weight is 333 g/mol. The van der Waals surface area contributed by atoms with Crippen molar-refractivity contribution in [2.75, 3.05) is 0 Å². The predicted molar refractivity (Wildman–Crippen MR) is 103 cm³/mol. The molecule has 0 radical (unpaired) electrons. The molecule has 5 heteroatoms. The number of hydrogen-bond donors (Lipinski definition) is 2. The molecule has 0 amide bonds. The summed E-state index contributed by atoms with van der Waals surface area (Å²) in [4.78, 5) is 7.70. The average Bonchev–Trinajstić information content (AvgIpc) is 3.18. The zero-order valence-electron chi connectivity index (χ0n) is 14.8. The summed E-state index contributed by atoms with van der Waals surface area (Å²) in [5.41, 5.74) is 11.5. The summed E-state index contributed by atoms with van der Waals surface area (Å²) < 4.78 is 2.11. The van der Waals surface area contributed by atoms with Crippen LogP contribution in [0.25, 0.3) is 22.2 Å². The number of aromatic amines is 1. The van der Waals surface area contributed by atoms with Crippen molar-refractivity contribution in [1.29, 1.82) is 0 Å². The fraction of sp³-hybridized carbons (Fsp3) is 0.300. The molecular formula is C20H23N5. The number of rotatable bonds is 3. The van der Waals surface area contributed by atoms with Crippen LogP contribution in [0, 0.1) is 0 Å². The van der Waals surface area contributed by atoms with E-state index < -0.39 is 0 Å². The van der Waals surface area contributed by atoms with Crippen LogP contribution < -0.4 is 5.73 Å². The molecule has 5 nitrogen and oxygen atoms in total. The second-order valence-corrected chi connectivity index (χ2v) is 6.80. The van der Waals surface area contributed by atoms with Crippen LogP contribution in [-0.2, 0) is 0 Å². The number of nitrogens with zero attached hydrogens (tertiary/aromatic N) is 3. The Labute approximate surface area is 147 Å². The molecule has 3 N–H and O–H groups in total. The highest BCUT2D eigenvalue weighted by molar-refractivity contribution is 6.05. The normalized spacial score (nSPS) is 17.0. The van der Waals surface area contributed by atoms with Gasteiger partial charge in [0.15, 0.2) is 0 Å². The SMILES string of the molecule is CCC1C=CN=C(N)c2c(-c3ccc4cc[nH]c4c3)nn(C(C)C)c21. The summed E-state index contributed by atoms with van der Waals surface area (Å²) in [7, 11) is 0. The lowest BCUT2D eigenvalue weighted by molar-refractivity contribution is 0.498. The van der Waals surface area contributed by atoms with E-state index in [1.165, 1.54) is 5.39 Å². The number of fused-ring (bicyclic) bond motifs is 2. The van der Waals surface area contributed by atoms with Crippen molar-refractivity contribution in [3.8, 4) is 11.3 Å². The molecule has 1 aliphatic heterocycles. The van der Waals surface area contributed by atoms with Crippen LogP contribution in [0.1, 0.15) is 50.4 Å². The number of hydrogen-bond acceptors (Lipinski definition) is 3. The fourth-order valence-electron chi connectivity index (χ4n) is 3.56. The van der Waals surface area contributed by atoms with Gasteiger partial charge in [0, 0.05) is 35.4 Å². The summed E-state index contributed by atoms with van der Waals surface area (Å²) in [6, 6.07) is 8.68. The van der Waals surface area contributed by atoms with Gasteiger partial charge in [-0.05, 0) is 37.8 Å². The van der Waals surface area contributed by atoms with Crippen LogP contribution in [0.15, 0.2) is 47.7 Å². The molecule has 3 aromatic rings. The van der Waals surface area contributed by atoms with E-state index in [0.717, 1.165) is 34.5 Å². The van der Waals surface area contributed by atoms with Crippen LogP contribution in [0.4, 0.5) is 0 Å². The Morgan fingerprint density at radius 2 is 2.12 bits per heavy atom. The van der Waals surface area contributed by atoms with Crippen molar-refractivity contribution in [3.63, 3.8) is 0 Å². The Kier molecular flexibility index (Phi) is 3.71. The highest BCUT2D eigenvalue weighted by Gasteiger charge is 2.28. The van der Waals surface area contributed by atoms with Crippen molar-refractivity contribution >= 4 is 16.7 Å². The van der Waals surface area contributed by atoms with Gasteiger partial charge in [-0.2, -0.15) is 5.10 Å². The Morgan fingerprint density at radius 1 is 1.28 bits per heavy atom. The van der Waals surface area contributed by atoms with Gasteiger partial charge in [-0.3, -0.25) is 4.68 Å². The molecule has 0 fully saturated rings. The molecular weight excluding hydrogens is 310 g/mol. The molecule has 128 valence electrons. The first-order chi connectivity index (χ1) is 12.1. The Balaban J connectivity index is 2.00. The number of nitrogens with two attached hydrogens (primary N) is 1. The Morgan fingerprint density at radius 3 is 2.88 bits per heavy atom. The molecule has 0 saturated carbocycles. The lowest BCUT2D eigenvalue weighted by Gasteiger charge is -2.16. The molecule has 3 heterocycles. The number of nitrogens with one attached hydrogen (secondary N) is 1. The van der Waals surface area contributed by atoms with Gasteiger partial charge in [0.05, 0.1) is 11.3 Å². The first-order valence-corrected chi connectivity index (χ1v) is 8.80. The summed E-state index contributed by atoms with van der Waals surface area (Å²) in [5, 5.41) is 6.14. The minimum atomic E-state index is 0.255. The van der Waals surface area contributed by atoms with Crippen LogP contribution in [0.5, 0.6) is 0 Å². The van der Waals surface area contributed by atoms with Gasteiger partial charge in [-0.25, -0.2) is 4.99 Å². The summed E-state index contributed by atoms with van der Waals surface area (Å²) in [6.45, 7) is 6.49. The smallest absolute Gasteiger partial charge is 0.134 e. The maximum Gasteiger partial charge on any atom is 0.134 e. The van der Waals surface area contributed by atoms with Gasteiger partial charge in [0.25, 0.3) is 0 Å². The number of amidine groups is 1. The molecule has 0 bridgehead atoms. The third-order valence-electron chi connectivity index (χ3n) is 4.84. The number of H-pyrrole nitrogens is 1. The second-order valence-electron chi connectivity index (χ2n) is 6.80. The molecule has 1 unspecified atom stereocenters. The number of benzene rings is 1. The van der Waals surface area contributed by atoms with Crippen LogP contribution >= 0.6 is 0 Å². The van der Waals surface area contributed by atoms with E-state index in [-0.39, 0.29) is 12.0 Å². The summed E-state index contributed by atoms with van der Waals surface area (Å²) >= 11 is 0. The third-order valence-corrected chi connectivity index (χ3v) is 4.84. The van der Waals surface area contributed by atoms with E-state index in [1.807, 2.05) is 12.4 Å². The molecule has 1 aliphatic rings. The maximum absolute atomic E-state index is 6.35. The molecule has 1 atom stereocenters. The van der Waals surface area contributed by atoms with Gasteiger partial charge in [-0.1, -0.05) is 25.1 Å². The summed E-state index contributed by atoms with van der Waals surface area (Å²) in [6.07, 6.45) is 6.89. The van der Waals surface area contributed by atoms with Crippen LogP contribution in [-0.4, -0.2) is 20.6 Å². The lowest BCUT2D eigenvalue weighted by atomic mass is 9.95. The van der Waals surface area contributed by atoms with Gasteiger partial charge < -0.3 is 10.7 Å². The standard InChI is InChI=1S/C20H23N5/c1-4-13-7-10-23-20(21)17-18(24-25(12(2)3)19(13)17)15-6-5-14-8-9-22-16(14)11-15/h5-13,22H,4H2,1-3H3,(H2,21,23). The zero-order valence-corrected chi connectivity index (χ0v) is 14.8. The Bertz CT molecular complexity index is 987. The van der Waals surface area contributed by atoms with E-state index >= 15 is 0 Å². The maximum atomic E-state index is 6.35. The lowest BCUT2D eigenvalue weighted by Crippen LogP contribution is -2.17. The topological polar surface area (TPSA) is 72.0 Å². The first-order valence-electron chi connectivity index (χ1n) is 8.80. The molecule has 4 rings (SSSR count).